The average Bonchev–Trinajstić information content (AvgIpc) is 2.74. The van der Waals surface area contributed by atoms with Crippen molar-refractivity contribution in [3.8, 4) is 0 Å². The Morgan fingerprint density at radius 3 is 2.13 bits per heavy atom. The lowest BCUT2D eigenvalue weighted by molar-refractivity contribution is 0.383. The summed E-state index contributed by atoms with van der Waals surface area (Å²) < 4.78 is 53.4. The summed E-state index contributed by atoms with van der Waals surface area (Å²) in [5, 5.41) is 11.5. The molecule has 0 saturated carbocycles. The van der Waals surface area contributed by atoms with Gasteiger partial charge in [0, 0.05) is 50.3 Å². The van der Waals surface area contributed by atoms with Crippen LogP contribution in [0.15, 0.2) is 59.8 Å². The van der Waals surface area contributed by atoms with Crippen LogP contribution < -0.4 is 10.2 Å². The van der Waals surface area contributed by atoms with Crippen molar-refractivity contribution >= 4 is 27.3 Å². The molecule has 0 bridgehead atoms. The fraction of sp³-hybridized carbons (Fsp3) is 0.211. The van der Waals surface area contributed by atoms with Gasteiger partial charge in [-0.3, -0.25) is 4.98 Å². The minimum atomic E-state index is -3.98. The molecule has 1 aliphatic heterocycles. The minimum absolute atomic E-state index is 0.166. The van der Waals surface area contributed by atoms with E-state index in [9.17, 15) is 17.2 Å². The summed E-state index contributed by atoms with van der Waals surface area (Å²) in [6, 6.07) is 9.47. The molecular weight excluding hydrogens is 414 g/mol. The van der Waals surface area contributed by atoms with E-state index < -0.39 is 21.7 Å². The van der Waals surface area contributed by atoms with E-state index in [-0.39, 0.29) is 18.0 Å². The molecule has 1 N–H and O–H groups in total. The first-order valence-electron chi connectivity index (χ1n) is 9.14. The van der Waals surface area contributed by atoms with Crippen LogP contribution in [0.5, 0.6) is 0 Å². The molecule has 0 amide bonds. The molecule has 3 aromatic rings. The number of anilines is 3. The molecule has 2 aromatic heterocycles. The first kappa shape index (κ1) is 20.1. The summed E-state index contributed by atoms with van der Waals surface area (Å²) in [6.07, 6.45) is 3.33. The number of hydrogen-bond donors (Lipinski definition) is 1. The number of piperazine rings is 1. The van der Waals surface area contributed by atoms with Crippen LogP contribution in [0, 0.1) is 11.6 Å². The molecule has 8 nitrogen and oxygen atoms in total. The van der Waals surface area contributed by atoms with Gasteiger partial charge < -0.3 is 10.2 Å². The Labute approximate surface area is 172 Å². The Bertz CT molecular complexity index is 1100. The fourth-order valence-corrected chi connectivity index (χ4v) is 4.59. The highest BCUT2D eigenvalue weighted by molar-refractivity contribution is 7.89. The molecule has 1 fully saturated rings. The summed E-state index contributed by atoms with van der Waals surface area (Å²) in [5.41, 5.74) is 0.833. The van der Waals surface area contributed by atoms with Crippen LogP contribution in [-0.4, -0.2) is 54.1 Å². The van der Waals surface area contributed by atoms with Crippen molar-refractivity contribution in [2.24, 2.45) is 0 Å². The third-order valence-corrected chi connectivity index (χ3v) is 6.52. The zero-order valence-electron chi connectivity index (χ0n) is 15.7. The largest absolute Gasteiger partial charge is 0.352 e. The normalized spacial score (nSPS) is 15.2. The smallest absolute Gasteiger partial charge is 0.243 e. The number of benzene rings is 1. The zero-order chi connectivity index (χ0) is 21.1. The van der Waals surface area contributed by atoms with Gasteiger partial charge in [0.05, 0.1) is 4.90 Å². The summed E-state index contributed by atoms with van der Waals surface area (Å²) >= 11 is 0. The second-order valence-electron chi connectivity index (χ2n) is 6.63. The van der Waals surface area contributed by atoms with Crippen LogP contribution in [-0.2, 0) is 10.0 Å². The lowest BCUT2D eigenvalue weighted by Gasteiger charge is -2.34. The molecule has 1 saturated heterocycles. The number of sulfonamides is 1. The third kappa shape index (κ3) is 4.36. The van der Waals surface area contributed by atoms with Gasteiger partial charge in [0.2, 0.25) is 10.0 Å². The average molecular weight is 432 g/mol. The van der Waals surface area contributed by atoms with Crippen molar-refractivity contribution in [2.45, 2.75) is 4.90 Å². The summed E-state index contributed by atoms with van der Waals surface area (Å²) in [6.45, 7) is 1.09. The van der Waals surface area contributed by atoms with Crippen LogP contribution in [0.1, 0.15) is 0 Å². The number of nitrogens with zero attached hydrogens (tertiary/aromatic N) is 5. The monoisotopic (exact) mass is 432 g/mol. The number of hydrogen-bond acceptors (Lipinski definition) is 7. The van der Waals surface area contributed by atoms with E-state index in [1.807, 2.05) is 4.90 Å². The minimum Gasteiger partial charge on any atom is -0.352 e. The fourth-order valence-electron chi connectivity index (χ4n) is 3.13. The molecule has 0 radical (unpaired) electrons. The van der Waals surface area contributed by atoms with E-state index >= 15 is 0 Å². The Morgan fingerprint density at radius 1 is 0.867 bits per heavy atom. The number of aromatic nitrogens is 3. The second kappa shape index (κ2) is 8.28. The molecule has 3 heterocycles. The number of rotatable bonds is 5. The van der Waals surface area contributed by atoms with Gasteiger partial charge in [-0.05, 0) is 36.4 Å². The van der Waals surface area contributed by atoms with Gasteiger partial charge in [0.25, 0.3) is 0 Å². The summed E-state index contributed by atoms with van der Waals surface area (Å²) in [7, 11) is -3.98. The molecule has 30 heavy (non-hydrogen) atoms. The van der Waals surface area contributed by atoms with E-state index in [0.29, 0.717) is 30.8 Å². The maximum absolute atomic E-state index is 13.4. The van der Waals surface area contributed by atoms with Crippen LogP contribution in [0.25, 0.3) is 0 Å². The molecule has 0 unspecified atom stereocenters. The lowest BCUT2D eigenvalue weighted by atomic mass is 10.3. The lowest BCUT2D eigenvalue weighted by Crippen LogP contribution is -2.49. The molecular formula is C19H18F2N6O2S. The van der Waals surface area contributed by atoms with Gasteiger partial charge in [-0.2, -0.15) is 4.31 Å². The van der Waals surface area contributed by atoms with Gasteiger partial charge in [0.15, 0.2) is 11.6 Å². The molecule has 1 aliphatic rings. The Balaban J connectivity index is 1.40. The highest BCUT2D eigenvalue weighted by atomic mass is 32.2. The summed E-state index contributed by atoms with van der Waals surface area (Å²) in [4.78, 5) is 5.46. The van der Waals surface area contributed by atoms with E-state index in [4.69, 9.17) is 0 Å². The predicted octanol–water partition coefficient (Wildman–Crippen LogP) is 2.40. The topological polar surface area (TPSA) is 91.3 Å². The standard InChI is InChI=1S/C19H18F2N6O2S/c20-14-11-15(21)13-17(12-14)30(28,29)27-9-7-26(8-10-27)19-2-1-18(24-25-19)23-16-3-5-22-6-4-16/h1-6,11-13H,7-10H2,(H,22,23,24). The second-order valence-corrected chi connectivity index (χ2v) is 8.57. The Morgan fingerprint density at radius 2 is 1.53 bits per heavy atom. The van der Waals surface area contributed by atoms with Crippen molar-refractivity contribution in [3.05, 3.63) is 66.5 Å². The maximum Gasteiger partial charge on any atom is 0.243 e. The van der Waals surface area contributed by atoms with Crippen molar-refractivity contribution < 1.29 is 17.2 Å². The van der Waals surface area contributed by atoms with E-state index in [1.165, 1.54) is 4.31 Å². The van der Waals surface area contributed by atoms with Crippen LogP contribution in [0.4, 0.5) is 26.1 Å². The first-order valence-corrected chi connectivity index (χ1v) is 10.6. The van der Waals surface area contributed by atoms with Gasteiger partial charge in [-0.25, -0.2) is 17.2 Å². The number of halogens is 2. The van der Waals surface area contributed by atoms with Gasteiger partial charge in [-0.15, -0.1) is 10.2 Å². The van der Waals surface area contributed by atoms with Gasteiger partial charge in [0.1, 0.15) is 11.6 Å². The zero-order valence-corrected chi connectivity index (χ0v) is 16.6. The molecule has 0 spiro atoms. The van der Waals surface area contributed by atoms with E-state index in [2.05, 4.69) is 20.5 Å². The number of pyridine rings is 1. The molecule has 0 aliphatic carbocycles. The van der Waals surface area contributed by atoms with Crippen molar-refractivity contribution in [3.63, 3.8) is 0 Å². The molecule has 4 rings (SSSR count). The first-order chi connectivity index (χ1) is 14.4. The number of nitrogens with one attached hydrogen (secondary N) is 1. The molecule has 0 atom stereocenters. The highest BCUT2D eigenvalue weighted by Crippen LogP contribution is 2.22. The van der Waals surface area contributed by atoms with Crippen LogP contribution >= 0.6 is 0 Å². The van der Waals surface area contributed by atoms with Gasteiger partial charge in [-0.1, -0.05) is 0 Å². The van der Waals surface area contributed by atoms with Crippen LogP contribution in [0.2, 0.25) is 0 Å². The van der Waals surface area contributed by atoms with Crippen LogP contribution in [0.3, 0.4) is 0 Å². The Kier molecular flexibility index (Phi) is 5.55. The molecule has 11 heteroatoms. The highest BCUT2D eigenvalue weighted by Gasteiger charge is 2.29. The van der Waals surface area contributed by atoms with Crippen molar-refractivity contribution in [1.82, 2.24) is 19.5 Å². The summed E-state index contributed by atoms with van der Waals surface area (Å²) in [5.74, 6) is -0.672. The molecule has 1 aromatic carbocycles. The van der Waals surface area contributed by atoms with Crippen molar-refractivity contribution in [2.75, 3.05) is 36.4 Å². The SMILES string of the molecule is O=S(=O)(c1cc(F)cc(F)c1)N1CCN(c2ccc(Nc3ccncc3)nn2)CC1. The molecule has 156 valence electrons. The maximum atomic E-state index is 13.4. The van der Waals surface area contributed by atoms with Gasteiger partial charge >= 0.3 is 0 Å². The third-order valence-electron chi connectivity index (χ3n) is 4.64. The quantitative estimate of drug-likeness (QED) is 0.662. The van der Waals surface area contributed by atoms with E-state index in [1.54, 1.807) is 36.7 Å². The Hall–Kier alpha value is -3.18. The van der Waals surface area contributed by atoms with E-state index in [0.717, 1.165) is 17.8 Å². The predicted molar refractivity (Wildman–Crippen MR) is 107 cm³/mol. The van der Waals surface area contributed by atoms with Crippen molar-refractivity contribution in [1.29, 1.82) is 0 Å².